The smallest absolute Gasteiger partial charge is 0.251 e. The fourth-order valence-corrected chi connectivity index (χ4v) is 0.955. The van der Waals surface area contributed by atoms with Crippen LogP contribution in [0.25, 0.3) is 0 Å². The molecule has 0 aliphatic carbocycles. The first-order valence-corrected chi connectivity index (χ1v) is 4.35. The Hall–Kier alpha value is -1.55. The van der Waals surface area contributed by atoms with Crippen molar-refractivity contribution >= 4 is 5.91 Å². The molecule has 76 valence electrons. The average Bonchev–Trinajstić information content (AvgIpc) is 2.15. The first-order valence-electron chi connectivity index (χ1n) is 4.35. The number of hydrogen-bond acceptors (Lipinski definition) is 3. The highest BCUT2D eigenvalue weighted by Crippen LogP contribution is 2.09. The van der Waals surface area contributed by atoms with Gasteiger partial charge in [0.15, 0.2) is 0 Å². The van der Waals surface area contributed by atoms with Gasteiger partial charge in [-0.15, -0.1) is 0 Å². The Balaban J connectivity index is 2.57. The average molecular weight is 195 g/mol. The molecule has 0 saturated carbocycles. The van der Waals surface area contributed by atoms with Crippen LogP contribution in [0.4, 0.5) is 0 Å². The Bertz CT molecular complexity index is 306. The van der Waals surface area contributed by atoms with Crippen molar-refractivity contribution in [2.75, 3.05) is 6.54 Å². The van der Waals surface area contributed by atoms with E-state index in [1.165, 1.54) is 24.3 Å². The number of aliphatic hydroxyl groups is 1. The summed E-state index contributed by atoms with van der Waals surface area (Å²) < 4.78 is 0. The lowest BCUT2D eigenvalue weighted by atomic mass is 10.2. The monoisotopic (exact) mass is 195 g/mol. The molecule has 1 atom stereocenters. The maximum Gasteiger partial charge on any atom is 0.251 e. The first kappa shape index (κ1) is 10.5. The summed E-state index contributed by atoms with van der Waals surface area (Å²) in [7, 11) is 0. The summed E-state index contributed by atoms with van der Waals surface area (Å²) in [5, 5.41) is 20.5. The van der Waals surface area contributed by atoms with Crippen molar-refractivity contribution in [1.82, 2.24) is 5.32 Å². The normalized spacial score (nSPS) is 12.1. The van der Waals surface area contributed by atoms with E-state index in [-0.39, 0.29) is 18.2 Å². The quantitative estimate of drug-likeness (QED) is 0.658. The molecule has 0 aliphatic heterocycles. The molecule has 14 heavy (non-hydrogen) atoms. The Labute approximate surface area is 82.2 Å². The Morgan fingerprint density at radius 2 is 2.00 bits per heavy atom. The number of carbonyl (C=O) groups excluding carboxylic acids is 1. The number of nitrogens with one attached hydrogen (secondary N) is 1. The van der Waals surface area contributed by atoms with E-state index in [0.29, 0.717) is 5.56 Å². The van der Waals surface area contributed by atoms with E-state index in [1.807, 2.05) is 0 Å². The summed E-state index contributed by atoms with van der Waals surface area (Å²) in [6, 6.07) is 5.92. The summed E-state index contributed by atoms with van der Waals surface area (Å²) in [4.78, 5) is 11.4. The summed E-state index contributed by atoms with van der Waals surface area (Å²) in [6.07, 6.45) is -0.559. The molecule has 0 unspecified atom stereocenters. The summed E-state index contributed by atoms with van der Waals surface area (Å²) in [5.74, 6) is -0.136. The van der Waals surface area contributed by atoms with Gasteiger partial charge < -0.3 is 15.5 Å². The van der Waals surface area contributed by atoms with Crippen molar-refractivity contribution in [3.8, 4) is 5.75 Å². The first-order chi connectivity index (χ1) is 6.59. The Morgan fingerprint density at radius 3 is 2.50 bits per heavy atom. The molecular weight excluding hydrogens is 182 g/mol. The zero-order valence-electron chi connectivity index (χ0n) is 7.90. The number of aliphatic hydroxyl groups excluding tert-OH is 1. The van der Waals surface area contributed by atoms with Gasteiger partial charge in [-0.3, -0.25) is 4.79 Å². The molecule has 4 heteroatoms. The van der Waals surface area contributed by atoms with Crippen LogP contribution in [0, 0.1) is 0 Å². The maximum absolute atomic E-state index is 11.4. The van der Waals surface area contributed by atoms with E-state index in [9.17, 15) is 4.79 Å². The van der Waals surface area contributed by atoms with E-state index >= 15 is 0 Å². The second kappa shape index (κ2) is 4.62. The number of aromatic hydroxyl groups is 1. The molecule has 0 radical (unpaired) electrons. The fraction of sp³-hybridized carbons (Fsp3) is 0.300. The molecule has 0 aromatic heterocycles. The molecule has 1 rings (SSSR count). The van der Waals surface area contributed by atoms with Gasteiger partial charge in [-0.05, 0) is 31.2 Å². The van der Waals surface area contributed by atoms with Crippen LogP contribution in [0.2, 0.25) is 0 Å². The minimum absolute atomic E-state index is 0.122. The summed E-state index contributed by atoms with van der Waals surface area (Å²) in [6.45, 7) is 1.82. The van der Waals surface area contributed by atoms with Crippen LogP contribution in [-0.4, -0.2) is 28.8 Å². The molecule has 4 nitrogen and oxygen atoms in total. The van der Waals surface area contributed by atoms with Crippen molar-refractivity contribution < 1.29 is 15.0 Å². The van der Waals surface area contributed by atoms with Gasteiger partial charge in [0.05, 0.1) is 6.10 Å². The molecular formula is C10H13NO3. The molecule has 0 fully saturated rings. The van der Waals surface area contributed by atoms with Crippen LogP contribution in [0.5, 0.6) is 5.75 Å². The van der Waals surface area contributed by atoms with Gasteiger partial charge in [0.1, 0.15) is 5.75 Å². The number of benzene rings is 1. The van der Waals surface area contributed by atoms with E-state index in [0.717, 1.165) is 0 Å². The molecule has 0 bridgehead atoms. The third-order valence-electron chi connectivity index (χ3n) is 1.69. The van der Waals surface area contributed by atoms with E-state index < -0.39 is 6.10 Å². The minimum atomic E-state index is -0.559. The van der Waals surface area contributed by atoms with Crippen molar-refractivity contribution in [2.45, 2.75) is 13.0 Å². The highest BCUT2D eigenvalue weighted by molar-refractivity contribution is 5.94. The van der Waals surface area contributed by atoms with Gasteiger partial charge in [-0.25, -0.2) is 0 Å². The zero-order chi connectivity index (χ0) is 10.6. The summed E-state index contributed by atoms with van der Waals surface area (Å²) >= 11 is 0. The fourth-order valence-electron chi connectivity index (χ4n) is 0.955. The second-order valence-corrected chi connectivity index (χ2v) is 3.11. The predicted octanol–water partition coefficient (Wildman–Crippen LogP) is 0.503. The number of carbonyl (C=O) groups is 1. The third kappa shape index (κ3) is 3.06. The lowest BCUT2D eigenvalue weighted by molar-refractivity contribution is 0.0924. The molecule has 0 spiro atoms. The summed E-state index contributed by atoms with van der Waals surface area (Å²) in [5.41, 5.74) is 0.462. The van der Waals surface area contributed by atoms with Crippen molar-refractivity contribution in [1.29, 1.82) is 0 Å². The van der Waals surface area contributed by atoms with E-state index in [2.05, 4.69) is 5.32 Å². The van der Waals surface area contributed by atoms with E-state index in [1.54, 1.807) is 6.92 Å². The van der Waals surface area contributed by atoms with Crippen molar-refractivity contribution in [3.63, 3.8) is 0 Å². The van der Waals surface area contributed by atoms with Crippen LogP contribution in [0.1, 0.15) is 17.3 Å². The largest absolute Gasteiger partial charge is 0.508 e. The van der Waals surface area contributed by atoms with Gasteiger partial charge in [0.2, 0.25) is 0 Å². The van der Waals surface area contributed by atoms with Crippen LogP contribution >= 0.6 is 0 Å². The molecule has 0 aliphatic rings. The molecule has 1 aromatic carbocycles. The second-order valence-electron chi connectivity index (χ2n) is 3.11. The predicted molar refractivity (Wildman–Crippen MR) is 52.1 cm³/mol. The topological polar surface area (TPSA) is 69.6 Å². The van der Waals surface area contributed by atoms with E-state index in [4.69, 9.17) is 10.2 Å². The zero-order valence-corrected chi connectivity index (χ0v) is 7.90. The Kier molecular flexibility index (Phi) is 3.48. The number of rotatable bonds is 3. The SMILES string of the molecule is C[C@H](O)CNC(=O)c1ccc(O)cc1. The van der Waals surface area contributed by atoms with Crippen LogP contribution < -0.4 is 5.32 Å². The third-order valence-corrected chi connectivity index (χ3v) is 1.69. The Morgan fingerprint density at radius 1 is 1.43 bits per heavy atom. The number of amides is 1. The highest BCUT2D eigenvalue weighted by atomic mass is 16.3. The van der Waals surface area contributed by atoms with Crippen LogP contribution in [0.15, 0.2) is 24.3 Å². The highest BCUT2D eigenvalue weighted by Gasteiger charge is 2.05. The van der Waals surface area contributed by atoms with Crippen LogP contribution in [0.3, 0.4) is 0 Å². The molecule has 0 heterocycles. The number of hydrogen-bond donors (Lipinski definition) is 3. The van der Waals surface area contributed by atoms with Crippen LogP contribution in [-0.2, 0) is 0 Å². The van der Waals surface area contributed by atoms with Gasteiger partial charge in [0.25, 0.3) is 5.91 Å². The maximum atomic E-state index is 11.4. The molecule has 3 N–H and O–H groups in total. The van der Waals surface area contributed by atoms with Gasteiger partial charge in [0, 0.05) is 12.1 Å². The minimum Gasteiger partial charge on any atom is -0.508 e. The van der Waals surface area contributed by atoms with Crippen molar-refractivity contribution in [3.05, 3.63) is 29.8 Å². The standard InChI is InChI=1S/C10H13NO3/c1-7(12)6-11-10(14)8-2-4-9(13)5-3-8/h2-5,7,12-13H,6H2,1H3,(H,11,14)/t7-/m0/s1. The number of phenolic OH excluding ortho intramolecular Hbond substituents is 1. The van der Waals surface area contributed by atoms with Gasteiger partial charge in [-0.1, -0.05) is 0 Å². The molecule has 1 aromatic rings. The molecule has 1 amide bonds. The number of phenols is 1. The lowest BCUT2D eigenvalue weighted by Crippen LogP contribution is -2.30. The van der Waals surface area contributed by atoms with Crippen molar-refractivity contribution in [2.24, 2.45) is 0 Å². The van der Waals surface area contributed by atoms with Gasteiger partial charge >= 0.3 is 0 Å². The van der Waals surface area contributed by atoms with Gasteiger partial charge in [-0.2, -0.15) is 0 Å². The molecule has 0 saturated heterocycles. The lowest BCUT2D eigenvalue weighted by Gasteiger charge is -2.06.